The SMILES string of the molecule is CC1([C@H](O)/C=C/C2C(C/C=C\CCCC(=O)O)C3OC2C2OC32)CCCCC1. The number of rotatable bonds is 9. The fraction of sp³-hybridized carbons (Fsp3) is 0.783. The van der Waals surface area contributed by atoms with E-state index in [1.165, 1.54) is 19.3 Å². The number of epoxide rings is 1. The Morgan fingerprint density at radius 3 is 2.57 bits per heavy atom. The first-order chi connectivity index (χ1) is 13.5. The second-order valence-corrected chi connectivity index (χ2v) is 9.41. The van der Waals surface area contributed by atoms with Crippen molar-refractivity contribution in [2.24, 2.45) is 17.3 Å². The highest BCUT2D eigenvalue weighted by molar-refractivity contribution is 5.66. The normalized spacial score (nSPS) is 39.5. The monoisotopic (exact) mass is 390 g/mol. The van der Waals surface area contributed by atoms with Crippen LogP contribution in [0.15, 0.2) is 24.3 Å². The molecule has 1 aliphatic carbocycles. The molecule has 1 saturated carbocycles. The van der Waals surface area contributed by atoms with Crippen LogP contribution in [0.2, 0.25) is 0 Å². The van der Waals surface area contributed by atoms with Gasteiger partial charge in [0, 0.05) is 18.3 Å². The molecule has 3 aliphatic heterocycles. The molecule has 6 unspecified atom stereocenters. The lowest BCUT2D eigenvalue weighted by Gasteiger charge is -2.37. The summed E-state index contributed by atoms with van der Waals surface area (Å²) in [7, 11) is 0. The fourth-order valence-corrected chi connectivity index (χ4v) is 5.53. The van der Waals surface area contributed by atoms with Gasteiger partial charge in [-0.3, -0.25) is 4.79 Å². The zero-order valence-electron chi connectivity index (χ0n) is 16.8. The molecule has 3 saturated heterocycles. The average molecular weight is 391 g/mol. The molecule has 5 heteroatoms. The van der Waals surface area contributed by atoms with Gasteiger partial charge in [0.15, 0.2) is 0 Å². The zero-order chi connectivity index (χ0) is 19.7. The van der Waals surface area contributed by atoms with Crippen molar-refractivity contribution in [3.05, 3.63) is 24.3 Å². The smallest absolute Gasteiger partial charge is 0.303 e. The first-order valence-corrected chi connectivity index (χ1v) is 11.0. The van der Waals surface area contributed by atoms with Gasteiger partial charge in [-0.05, 0) is 37.5 Å². The van der Waals surface area contributed by atoms with E-state index < -0.39 is 12.1 Å². The van der Waals surface area contributed by atoms with Crippen LogP contribution in [0.3, 0.4) is 0 Å². The molecule has 0 radical (unpaired) electrons. The maximum absolute atomic E-state index is 10.8. The lowest BCUT2D eigenvalue weighted by atomic mass is 9.71. The van der Waals surface area contributed by atoms with E-state index >= 15 is 0 Å². The summed E-state index contributed by atoms with van der Waals surface area (Å²) in [6, 6.07) is 0. The zero-order valence-corrected chi connectivity index (χ0v) is 16.8. The molecule has 7 atom stereocenters. The highest BCUT2D eigenvalue weighted by Gasteiger charge is 2.68. The van der Waals surface area contributed by atoms with Crippen molar-refractivity contribution in [2.75, 3.05) is 0 Å². The number of carbonyl (C=O) groups is 1. The van der Waals surface area contributed by atoms with Crippen LogP contribution in [-0.2, 0) is 14.3 Å². The van der Waals surface area contributed by atoms with Gasteiger partial charge in [0.05, 0.1) is 18.3 Å². The maximum Gasteiger partial charge on any atom is 0.303 e. The number of aliphatic carboxylic acids is 1. The molecule has 3 heterocycles. The minimum atomic E-state index is -0.734. The second-order valence-electron chi connectivity index (χ2n) is 9.41. The van der Waals surface area contributed by atoms with Gasteiger partial charge >= 0.3 is 5.97 Å². The van der Waals surface area contributed by atoms with Crippen LogP contribution < -0.4 is 0 Å². The Kier molecular flexibility index (Phi) is 5.96. The molecule has 4 fully saturated rings. The number of ether oxygens (including phenoxy) is 2. The number of hydrogen-bond donors (Lipinski definition) is 2. The Bertz CT molecular complexity index is 620. The van der Waals surface area contributed by atoms with E-state index in [4.69, 9.17) is 14.6 Å². The third-order valence-corrected chi connectivity index (χ3v) is 7.38. The molecule has 28 heavy (non-hydrogen) atoms. The number of aliphatic hydroxyl groups excluding tert-OH is 1. The number of carboxylic acid groups (broad SMARTS) is 1. The summed E-state index contributed by atoms with van der Waals surface area (Å²) in [5, 5.41) is 19.5. The van der Waals surface area contributed by atoms with E-state index in [1.54, 1.807) is 0 Å². The number of fused-ring (bicyclic) bond motifs is 5. The van der Waals surface area contributed by atoms with Gasteiger partial charge in [0.2, 0.25) is 0 Å². The molecule has 2 bridgehead atoms. The highest BCUT2D eigenvalue weighted by atomic mass is 16.7. The van der Waals surface area contributed by atoms with Crippen molar-refractivity contribution in [1.82, 2.24) is 0 Å². The van der Waals surface area contributed by atoms with Gasteiger partial charge in [0.1, 0.15) is 12.2 Å². The van der Waals surface area contributed by atoms with Crippen LogP contribution in [-0.4, -0.2) is 46.7 Å². The van der Waals surface area contributed by atoms with Gasteiger partial charge in [-0.25, -0.2) is 0 Å². The number of hydrogen-bond acceptors (Lipinski definition) is 4. The molecule has 0 aromatic carbocycles. The van der Waals surface area contributed by atoms with Crippen LogP contribution in [0.25, 0.3) is 0 Å². The Hall–Kier alpha value is -1.17. The van der Waals surface area contributed by atoms with Crippen LogP contribution in [0.4, 0.5) is 0 Å². The summed E-state index contributed by atoms with van der Waals surface area (Å²) in [4.78, 5) is 10.6. The quantitative estimate of drug-likeness (QED) is 0.355. The Morgan fingerprint density at radius 2 is 1.82 bits per heavy atom. The Morgan fingerprint density at radius 1 is 1.11 bits per heavy atom. The lowest BCUT2D eigenvalue weighted by Crippen LogP contribution is -2.34. The first-order valence-electron chi connectivity index (χ1n) is 11.0. The van der Waals surface area contributed by atoms with Crippen LogP contribution in [0, 0.1) is 17.3 Å². The van der Waals surface area contributed by atoms with Gasteiger partial charge in [-0.15, -0.1) is 0 Å². The van der Waals surface area contributed by atoms with Gasteiger partial charge in [-0.1, -0.05) is 50.5 Å². The molecular formula is C23H34O5. The van der Waals surface area contributed by atoms with E-state index in [9.17, 15) is 9.90 Å². The van der Waals surface area contributed by atoms with Crippen molar-refractivity contribution >= 4 is 5.97 Å². The van der Waals surface area contributed by atoms with Crippen LogP contribution in [0.1, 0.15) is 64.7 Å². The molecular weight excluding hydrogens is 356 g/mol. The largest absolute Gasteiger partial charge is 0.481 e. The van der Waals surface area contributed by atoms with Crippen LogP contribution in [0.5, 0.6) is 0 Å². The van der Waals surface area contributed by atoms with Crippen molar-refractivity contribution in [3.63, 3.8) is 0 Å². The van der Waals surface area contributed by atoms with Crippen molar-refractivity contribution in [2.45, 2.75) is 95.2 Å². The first kappa shape index (κ1) is 20.1. The summed E-state index contributed by atoms with van der Waals surface area (Å²) < 4.78 is 12.0. The van der Waals surface area contributed by atoms with E-state index in [1.807, 2.05) is 6.08 Å². The third-order valence-electron chi connectivity index (χ3n) is 7.38. The molecule has 2 N–H and O–H groups in total. The standard InChI is InChI=1S/C23H34O5/c1-23(13-7-4-8-14-23)17(24)12-11-16-15(9-5-2-3-6-10-18(25)26)19-21-22(28-21)20(16)27-19/h2,5,11-12,15-17,19-22,24H,3-4,6-10,13-14H2,1H3,(H,25,26)/b5-2-,12-11+/t15?,16?,17-,19?,20?,21?,22?/m1/s1. The average Bonchev–Trinajstić information content (AvgIpc) is 3.30. The summed E-state index contributed by atoms with van der Waals surface area (Å²) >= 11 is 0. The number of allylic oxidation sites excluding steroid dienone is 2. The maximum atomic E-state index is 10.8. The molecule has 156 valence electrons. The Balaban J connectivity index is 1.34. The van der Waals surface area contributed by atoms with Gasteiger partial charge < -0.3 is 19.7 Å². The third kappa shape index (κ3) is 4.07. The number of unbranched alkanes of at least 4 members (excludes halogenated alkanes) is 1. The molecule has 0 aromatic heterocycles. The topological polar surface area (TPSA) is 79.3 Å². The predicted octanol–water partition coefficient (Wildman–Crippen LogP) is 3.86. The van der Waals surface area contributed by atoms with Crippen LogP contribution >= 0.6 is 0 Å². The van der Waals surface area contributed by atoms with Gasteiger partial charge in [-0.2, -0.15) is 0 Å². The highest BCUT2D eigenvalue weighted by Crippen LogP contribution is 2.55. The summed E-state index contributed by atoms with van der Waals surface area (Å²) in [5.74, 6) is -0.0615. The fourth-order valence-electron chi connectivity index (χ4n) is 5.53. The lowest BCUT2D eigenvalue weighted by molar-refractivity contribution is -0.137. The molecule has 0 amide bonds. The summed E-state index contributed by atoms with van der Waals surface area (Å²) in [5.41, 5.74) is 0.00534. The van der Waals surface area contributed by atoms with E-state index in [-0.39, 0.29) is 36.3 Å². The van der Waals surface area contributed by atoms with E-state index in [0.717, 1.165) is 25.7 Å². The second kappa shape index (κ2) is 8.29. The molecule has 5 nitrogen and oxygen atoms in total. The number of aliphatic hydroxyl groups is 1. The van der Waals surface area contributed by atoms with Crippen molar-refractivity contribution < 1.29 is 24.5 Å². The van der Waals surface area contributed by atoms with E-state index in [2.05, 4.69) is 25.2 Å². The van der Waals surface area contributed by atoms with Crippen molar-refractivity contribution in [1.29, 1.82) is 0 Å². The minimum Gasteiger partial charge on any atom is -0.481 e. The predicted molar refractivity (Wildman–Crippen MR) is 106 cm³/mol. The molecule has 0 spiro atoms. The summed E-state index contributed by atoms with van der Waals surface area (Å²) in [6.45, 7) is 2.22. The van der Waals surface area contributed by atoms with Crippen molar-refractivity contribution in [3.8, 4) is 0 Å². The summed E-state index contributed by atoms with van der Waals surface area (Å²) in [6.07, 6.45) is 17.4. The molecule has 0 aromatic rings. The van der Waals surface area contributed by atoms with Gasteiger partial charge in [0.25, 0.3) is 0 Å². The van der Waals surface area contributed by atoms with E-state index in [0.29, 0.717) is 18.3 Å². The molecule has 4 rings (SSSR count). The minimum absolute atomic E-state index is 0.00534. The molecule has 4 aliphatic rings. The number of carboxylic acids is 1. The Labute approximate surface area is 167 Å².